The highest BCUT2D eigenvalue weighted by molar-refractivity contribution is 9.10. The Kier molecular flexibility index (Phi) is 3.19. The second-order valence-corrected chi connectivity index (χ2v) is 4.91. The fraction of sp³-hybridized carbons (Fsp3) is 0.417. The van der Waals surface area contributed by atoms with E-state index in [1.54, 1.807) is 0 Å². The summed E-state index contributed by atoms with van der Waals surface area (Å²) in [6.07, 6.45) is 2.16. The predicted octanol–water partition coefficient (Wildman–Crippen LogP) is 2.92. The molecule has 0 unspecified atom stereocenters. The first kappa shape index (κ1) is 11.5. The number of hydrogen-bond donors (Lipinski definition) is 0. The van der Waals surface area contributed by atoms with Gasteiger partial charge in [-0.25, -0.2) is 0 Å². The van der Waals surface area contributed by atoms with E-state index in [4.69, 9.17) is 4.74 Å². The van der Waals surface area contributed by atoms with Gasteiger partial charge in [0, 0.05) is 4.47 Å². The van der Waals surface area contributed by atoms with Crippen molar-refractivity contribution in [3.8, 4) is 5.75 Å². The van der Waals surface area contributed by atoms with Crippen LogP contribution in [0.4, 0.5) is 0 Å². The lowest BCUT2D eigenvalue weighted by atomic mass is 10.2. The topological polar surface area (TPSA) is 35.5 Å². The van der Waals surface area contributed by atoms with Crippen molar-refractivity contribution in [2.75, 3.05) is 7.11 Å². The smallest absolute Gasteiger partial charge is 0.309 e. The molecular formula is C12H13BrO3. The molecule has 1 aromatic carbocycles. The van der Waals surface area contributed by atoms with Crippen LogP contribution in [0.25, 0.3) is 0 Å². The van der Waals surface area contributed by atoms with Crippen molar-refractivity contribution in [1.29, 1.82) is 0 Å². The molecule has 1 aliphatic carbocycles. The highest BCUT2D eigenvalue weighted by Crippen LogP contribution is 2.43. The van der Waals surface area contributed by atoms with Crippen LogP contribution in [0, 0.1) is 0 Å². The van der Waals surface area contributed by atoms with Gasteiger partial charge in [-0.15, -0.1) is 0 Å². The van der Waals surface area contributed by atoms with Crippen LogP contribution in [0.5, 0.6) is 5.75 Å². The van der Waals surface area contributed by atoms with Gasteiger partial charge in [-0.1, -0.05) is 15.9 Å². The summed E-state index contributed by atoms with van der Waals surface area (Å²) in [4.78, 5) is 11.2. The lowest BCUT2D eigenvalue weighted by Crippen LogP contribution is -2.23. The third-order valence-electron chi connectivity index (χ3n) is 2.65. The molecule has 86 valence electrons. The number of methoxy groups -OCH3 is 1. The maximum absolute atomic E-state index is 11.2. The van der Waals surface area contributed by atoms with E-state index in [2.05, 4.69) is 20.7 Å². The molecule has 0 aliphatic heterocycles. The number of esters is 1. The number of rotatable bonds is 4. The summed E-state index contributed by atoms with van der Waals surface area (Å²) in [5.74, 6) is 0.583. The van der Waals surface area contributed by atoms with Gasteiger partial charge in [-0.2, -0.15) is 0 Å². The molecule has 0 aromatic heterocycles. The van der Waals surface area contributed by atoms with Gasteiger partial charge in [0.2, 0.25) is 0 Å². The number of ether oxygens (including phenoxy) is 2. The molecule has 1 fully saturated rings. The zero-order valence-corrected chi connectivity index (χ0v) is 10.6. The summed E-state index contributed by atoms with van der Waals surface area (Å²) < 4.78 is 11.5. The number of hydrogen-bond acceptors (Lipinski definition) is 3. The molecule has 4 heteroatoms. The Bertz CT molecular complexity index is 382. The van der Waals surface area contributed by atoms with Crippen molar-refractivity contribution >= 4 is 21.9 Å². The lowest BCUT2D eigenvalue weighted by Gasteiger charge is -2.16. The van der Waals surface area contributed by atoms with E-state index in [1.165, 1.54) is 7.11 Å². The maximum Gasteiger partial charge on any atom is 0.309 e. The van der Waals surface area contributed by atoms with Crippen LogP contribution < -0.4 is 4.74 Å². The van der Waals surface area contributed by atoms with Gasteiger partial charge in [-0.05, 0) is 37.1 Å². The largest absolute Gasteiger partial charge is 0.487 e. The first-order chi connectivity index (χ1) is 7.63. The van der Waals surface area contributed by atoms with Crippen molar-refractivity contribution in [2.45, 2.75) is 24.9 Å². The molecule has 0 N–H and O–H groups in total. The Hall–Kier alpha value is -1.03. The molecule has 1 saturated carbocycles. The molecule has 0 bridgehead atoms. The Morgan fingerprint density at radius 2 is 2.00 bits per heavy atom. The van der Waals surface area contributed by atoms with Gasteiger partial charge in [0.1, 0.15) is 11.4 Å². The lowest BCUT2D eigenvalue weighted by molar-refractivity contribution is -0.142. The molecule has 0 radical (unpaired) electrons. The summed E-state index contributed by atoms with van der Waals surface area (Å²) >= 11 is 3.36. The van der Waals surface area contributed by atoms with Gasteiger partial charge in [0.25, 0.3) is 0 Å². The molecule has 0 atom stereocenters. The van der Waals surface area contributed by atoms with E-state index in [0.29, 0.717) is 6.42 Å². The van der Waals surface area contributed by atoms with E-state index in [1.807, 2.05) is 24.3 Å². The zero-order valence-electron chi connectivity index (χ0n) is 9.03. The summed E-state index contributed by atoms with van der Waals surface area (Å²) in [7, 11) is 1.40. The molecule has 0 spiro atoms. The normalized spacial score (nSPS) is 16.6. The number of carbonyl (C=O) groups is 1. The van der Waals surface area contributed by atoms with E-state index < -0.39 is 0 Å². The highest BCUT2D eigenvalue weighted by atomic mass is 79.9. The van der Waals surface area contributed by atoms with Crippen molar-refractivity contribution in [1.82, 2.24) is 0 Å². The predicted molar refractivity (Wildman–Crippen MR) is 63.4 cm³/mol. The fourth-order valence-corrected chi connectivity index (χ4v) is 1.81. The van der Waals surface area contributed by atoms with Gasteiger partial charge in [0.15, 0.2) is 0 Å². The summed E-state index contributed by atoms with van der Waals surface area (Å²) in [6, 6.07) is 7.62. The highest BCUT2D eigenvalue weighted by Gasteiger charge is 2.47. The molecule has 1 aromatic rings. The van der Waals surface area contributed by atoms with Crippen LogP contribution in [-0.4, -0.2) is 18.7 Å². The molecule has 0 saturated heterocycles. The second-order valence-electron chi connectivity index (χ2n) is 3.99. The van der Waals surface area contributed by atoms with Crippen LogP contribution in [-0.2, 0) is 9.53 Å². The zero-order chi connectivity index (χ0) is 11.6. The number of benzene rings is 1. The van der Waals surface area contributed by atoms with Gasteiger partial charge in [-0.3, -0.25) is 4.79 Å². The van der Waals surface area contributed by atoms with E-state index in [9.17, 15) is 4.79 Å². The maximum atomic E-state index is 11.2. The molecule has 1 aliphatic rings. The molecule has 3 nitrogen and oxygen atoms in total. The van der Waals surface area contributed by atoms with Crippen LogP contribution in [0.1, 0.15) is 19.3 Å². The van der Waals surface area contributed by atoms with Gasteiger partial charge < -0.3 is 9.47 Å². The Morgan fingerprint density at radius 1 is 1.38 bits per heavy atom. The Balaban J connectivity index is 1.99. The molecule has 0 amide bonds. The SMILES string of the molecule is COC(=O)CC1(Oc2ccc(Br)cc2)CC1. The van der Waals surface area contributed by atoms with E-state index in [-0.39, 0.29) is 11.6 Å². The molecule has 2 rings (SSSR count). The quantitative estimate of drug-likeness (QED) is 0.798. The van der Waals surface area contributed by atoms with Crippen molar-refractivity contribution in [3.05, 3.63) is 28.7 Å². The number of carbonyl (C=O) groups excluding carboxylic acids is 1. The van der Waals surface area contributed by atoms with Crippen LogP contribution in [0.2, 0.25) is 0 Å². The number of halogens is 1. The van der Waals surface area contributed by atoms with E-state index >= 15 is 0 Å². The third-order valence-corrected chi connectivity index (χ3v) is 3.18. The summed E-state index contributed by atoms with van der Waals surface area (Å²) in [6.45, 7) is 0. The fourth-order valence-electron chi connectivity index (χ4n) is 1.54. The monoisotopic (exact) mass is 284 g/mol. The van der Waals surface area contributed by atoms with Crippen molar-refractivity contribution in [3.63, 3.8) is 0 Å². The Morgan fingerprint density at radius 3 is 2.50 bits per heavy atom. The minimum absolute atomic E-state index is 0.213. The second kappa shape index (κ2) is 4.45. The first-order valence-electron chi connectivity index (χ1n) is 5.15. The standard InChI is InChI=1S/C12H13BrO3/c1-15-11(14)8-12(6-7-12)16-10-4-2-9(13)3-5-10/h2-5H,6-8H2,1H3. The molecule has 16 heavy (non-hydrogen) atoms. The van der Waals surface area contributed by atoms with Crippen LogP contribution >= 0.6 is 15.9 Å². The van der Waals surface area contributed by atoms with E-state index in [0.717, 1.165) is 23.1 Å². The minimum atomic E-state index is -0.319. The Labute approximate surface area is 103 Å². The first-order valence-corrected chi connectivity index (χ1v) is 5.94. The average Bonchev–Trinajstić information content (AvgIpc) is 3.01. The van der Waals surface area contributed by atoms with Crippen LogP contribution in [0.15, 0.2) is 28.7 Å². The summed E-state index contributed by atoms with van der Waals surface area (Å²) in [5.41, 5.74) is -0.319. The van der Waals surface area contributed by atoms with Crippen LogP contribution in [0.3, 0.4) is 0 Å². The van der Waals surface area contributed by atoms with Crippen molar-refractivity contribution < 1.29 is 14.3 Å². The van der Waals surface area contributed by atoms with Gasteiger partial charge >= 0.3 is 5.97 Å². The third kappa shape index (κ3) is 2.76. The molecular weight excluding hydrogens is 272 g/mol. The summed E-state index contributed by atoms with van der Waals surface area (Å²) in [5, 5.41) is 0. The van der Waals surface area contributed by atoms with Gasteiger partial charge in [0.05, 0.1) is 13.5 Å². The van der Waals surface area contributed by atoms with Crippen molar-refractivity contribution in [2.24, 2.45) is 0 Å². The average molecular weight is 285 g/mol. The molecule has 0 heterocycles. The minimum Gasteiger partial charge on any atom is -0.487 e.